The number of thiazole rings is 1. The van der Waals surface area contributed by atoms with Crippen molar-refractivity contribution in [1.82, 2.24) is 4.57 Å². The molecular weight excluding hydrogens is 609 g/mol. The van der Waals surface area contributed by atoms with Gasteiger partial charge in [-0.05, 0) is 42.8 Å². The third-order valence-corrected chi connectivity index (χ3v) is 8.20. The van der Waals surface area contributed by atoms with E-state index in [1.165, 1.54) is 53.1 Å². The summed E-state index contributed by atoms with van der Waals surface area (Å²) in [6.07, 6.45) is 1.52. The van der Waals surface area contributed by atoms with Gasteiger partial charge in [-0.1, -0.05) is 65.4 Å². The number of nitro groups is 1. The first-order valence-corrected chi connectivity index (χ1v) is 14.5. The Balaban J connectivity index is 1.54. The molecule has 0 unspecified atom stereocenters. The van der Waals surface area contributed by atoms with Crippen LogP contribution in [0.1, 0.15) is 29.9 Å². The highest BCUT2D eigenvalue weighted by Crippen LogP contribution is 2.36. The van der Waals surface area contributed by atoms with Crippen LogP contribution in [0, 0.1) is 15.9 Å². The van der Waals surface area contributed by atoms with Crippen molar-refractivity contribution < 1.29 is 23.3 Å². The third-order valence-electron chi connectivity index (χ3n) is 6.89. The predicted octanol–water partition coefficient (Wildman–Crippen LogP) is 5.90. The van der Waals surface area contributed by atoms with E-state index in [2.05, 4.69) is 0 Å². The van der Waals surface area contributed by atoms with Crippen LogP contribution in [0.25, 0.3) is 23.1 Å². The lowest BCUT2D eigenvalue weighted by molar-refractivity contribution is -0.384. The van der Waals surface area contributed by atoms with Crippen molar-refractivity contribution in [2.45, 2.75) is 13.0 Å². The first-order valence-electron chi connectivity index (χ1n) is 13.3. The molecule has 2 aromatic heterocycles. The van der Waals surface area contributed by atoms with Crippen LogP contribution in [0.3, 0.4) is 0 Å². The number of non-ortho nitro benzene ring substituents is 1. The lowest BCUT2D eigenvalue weighted by Gasteiger charge is -2.25. The van der Waals surface area contributed by atoms with Gasteiger partial charge in [-0.15, -0.1) is 0 Å². The van der Waals surface area contributed by atoms with Crippen molar-refractivity contribution >= 4 is 46.4 Å². The number of hydrogen-bond donors (Lipinski definition) is 0. The van der Waals surface area contributed by atoms with Crippen LogP contribution in [-0.4, -0.2) is 22.1 Å². The summed E-state index contributed by atoms with van der Waals surface area (Å²) in [6, 6.07) is 20.9. The molecule has 0 radical (unpaired) electrons. The standard InChI is InChI=1S/C32H21ClFN3O6S/c1-2-42-31(39)27-28(18-6-4-3-5-7-18)35-32-36(29(27)19-8-10-20(34)11-9-19)30(38)26(44-32)17-22-13-15-25(43-22)23-16-21(37(40)41)12-14-24(23)33/h3-17,29H,2H2,1H3/b26-17-/t29-/m1/s1. The third kappa shape index (κ3) is 5.38. The second-order valence-corrected chi connectivity index (χ2v) is 11.0. The van der Waals surface area contributed by atoms with Gasteiger partial charge in [0, 0.05) is 29.3 Å². The monoisotopic (exact) mass is 629 g/mol. The Bertz CT molecular complexity index is 2130. The Labute approximate surface area is 257 Å². The van der Waals surface area contributed by atoms with Gasteiger partial charge in [-0.25, -0.2) is 14.2 Å². The normalized spacial score (nSPS) is 14.7. The van der Waals surface area contributed by atoms with E-state index in [1.807, 2.05) is 18.2 Å². The molecule has 12 heteroatoms. The van der Waals surface area contributed by atoms with E-state index in [0.717, 1.165) is 11.3 Å². The Morgan fingerprint density at radius 2 is 1.89 bits per heavy atom. The van der Waals surface area contributed by atoms with E-state index in [0.29, 0.717) is 32.9 Å². The molecule has 6 rings (SSSR count). The number of carbonyl (C=O) groups excluding carboxylic acids is 1. The molecule has 0 spiro atoms. The quantitative estimate of drug-likeness (QED) is 0.126. The van der Waals surface area contributed by atoms with E-state index in [-0.39, 0.29) is 33.2 Å². The van der Waals surface area contributed by atoms with Crippen molar-refractivity contribution in [1.29, 1.82) is 0 Å². The molecule has 3 heterocycles. The predicted molar refractivity (Wildman–Crippen MR) is 163 cm³/mol. The molecule has 0 amide bonds. The average Bonchev–Trinajstić information content (AvgIpc) is 3.61. The minimum Gasteiger partial charge on any atom is -0.463 e. The van der Waals surface area contributed by atoms with Crippen LogP contribution in [-0.2, 0) is 9.53 Å². The zero-order valence-corrected chi connectivity index (χ0v) is 24.5. The number of hydrogen-bond acceptors (Lipinski definition) is 8. The SMILES string of the molecule is CCOC(=O)C1=C(c2ccccc2)N=c2s/c(=C\c3ccc(-c4cc([N+](=O)[O-])ccc4Cl)o3)c(=O)n2[C@@H]1c1ccc(F)cc1. The summed E-state index contributed by atoms with van der Waals surface area (Å²) >= 11 is 7.38. The highest BCUT2D eigenvalue weighted by atomic mass is 35.5. The summed E-state index contributed by atoms with van der Waals surface area (Å²) in [5.74, 6) is -0.552. The molecule has 0 aliphatic carbocycles. The van der Waals surface area contributed by atoms with Crippen LogP contribution in [0.15, 0.2) is 105 Å². The molecule has 1 aliphatic heterocycles. The first kappa shape index (κ1) is 29.0. The van der Waals surface area contributed by atoms with Gasteiger partial charge >= 0.3 is 5.97 Å². The first-order chi connectivity index (χ1) is 21.2. The summed E-state index contributed by atoms with van der Waals surface area (Å²) in [5.41, 5.74) is 1.34. The van der Waals surface area contributed by atoms with E-state index in [4.69, 9.17) is 25.7 Å². The molecule has 0 saturated heterocycles. The lowest BCUT2D eigenvalue weighted by atomic mass is 9.93. The number of furan rings is 1. The highest BCUT2D eigenvalue weighted by Gasteiger charge is 2.35. The van der Waals surface area contributed by atoms with E-state index in [1.54, 1.807) is 31.2 Å². The van der Waals surface area contributed by atoms with Gasteiger partial charge in [-0.3, -0.25) is 19.5 Å². The molecule has 0 N–H and O–H groups in total. The number of benzene rings is 3. The maximum atomic E-state index is 14.0. The zero-order chi connectivity index (χ0) is 31.0. The zero-order valence-electron chi connectivity index (χ0n) is 22.9. The molecule has 0 bridgehead atoms. The molecule has 0 fully saturated rings. The van der Waals surface area contributed by atoms with Crippen molar-refractivity contribution in [3.63, 3.8) is 0 Å². The number of carbonyl (C=O) groups is 1. The molecule has 5 aromatic rings. The summed E-state index contributed by atoms with van der Waals surface area (Å²) in [4.78, 5) is 43.3. The van der Waals surface area contributed by atoms with E-state index in [9.17, 15) is 24.1 Å². The van der Waals surface area contributed by atoms with Crippen molar-refractivity contribution in [3.8, 4) is 11.3 Å². The highest BCUT2D eigenvalue weighted by molar-refractivity contribution is 7.07. The van der Waals surface area contributed by atoms with Gasteiger partial charge < -0.3 is 9.15 Å². The number of fused-ring (bicyclic) bond motifs is 1. The van der Waals surface area contributed by atoms with Crippen LogP contribution < -0.4 is 14.9 Å². The second-order valence-electron chi connectivity index (χ2n) is 9.61. The number of aromatic nitrogens is 1. The van der Waals surface area contributed by atoms with Crippen LogP contribution in [0.2, 0.25) is 5.02 Å². The van der Waals surface area contributed by atoms with Crippen molar-refractivity contribution in [3.05, 3.63) is 148 Å². The minimum atomic E-state index is -0.959. The molecule has 3 aromatic carbocycles. The molecular formula is C32H21ClFN3O6S. The molecule has 9 nitrogen and oxygen atoms in total. The van der Waals surface area contributed by atoms with Crippen molar-refractivity contribution in [2.75, 3.05) is 6.61 Å². The Hall–Kier alpha value is -5.13. The van der Waals surface area contributed by atoms with Gasteiger partial charge in [0.05, 0.1) is 38.4 Å². The fourth-order valence-electron chi connectivity index (χ4n) is 4.92. The van der Waals surface area contributed by atoms with E-state index >= 15 is 0 Å². The lowest BCUT2D eigenvalue weighted by Crippen LogP contribution is -2.40. The largest absolute Gasteiger partial charge is 0.463 e. The van der Waals surface area contributed by atoms with Crippen LogP contribution in [0.4, 0.5) is 10.1 Å². The number of nitrogens with zero attached hydrogens (tertiary/aromatic N) is 3. The molecule has 0 saturated carbocycles. The molecule has 1 aliphatic rings. The second kappa shape index (κ2) is 11.9. The van der Waals surface area contributed by atoms with Crippen molar-refractivity contribution in [2.24, 2.45) is 4.99 Å². The van der Waals surface area contributed by atoms with Crippen LogP contribution >= 0.6 is 22.9 Å². The Morgan fingerprint density at radius 1 is 1.14 bits per heavy atom. The fourth-order valence-corrected chi connectivity index (χ4v) is 6.11. The summed E-state index contributed by atoms with van der Waals surface area (Å²) in [7, 11) is 0. The Morgan fingerprint density at radius 3 is 2.59 bits per heavy atom. The maximum Gasteiger partial charge on any atom is 0.338 e. The van der Waals surface area contributed by atoms with E-state index < -0.39 is 28.3 Å². The Kier molecular flexibility index (Phi) is 7.81. The van der Waals surface area contributed by atoms with Gasteiger partial charge in [0.2, 0.25) is 0 Å². The number of esters is 1. The minimum absolute atomic E-state index is 0.0976. The number of rotatable bonds is 7. The molecule has 220 valence electrons. The summed E-state index contributed by atoms with van der Waals surface area (Å²) in [5, 5.41) is 11.5. The maximum absolute atomic E-state index is 14.0. The van der Waals surface area contributed by atoms with Crippen LogP contribution in [0.5, 0.6) is 0 Å². The van der Waals surface area contributed by atoms with Gasteiger partial charge in [0.25, 0.3) is 11.2 Å². The molecule has 1 atom stereocenters. The van der Waals surface area contributed by atoms with Gasteiger partial charge in [0.1, 0.15) is 17.3 Å². The number of halogens is 2. The fraction of sp³-hybridized carbons (Fsp3) is 0.0938. The summed E-state index contributed by atoms with van der Waals surface area (Å²) in [6.45, 7) is 1.78. The smallest absolute Gasteiger partial charge is 0.338 e. The van der Waals surface area contributed by atoms with Gasteiger partial charge in [0.15, 0.2) is 4.80 Å². The molecule has 44 heavy (non-hydrogen) atoms. The topological polar surface area (TPSA) is 117 Å². The number of ether oxygens (including phenoxy) is 1. The van der Waals surface area contributed by atoms with Gasteiger partial charge in [-0.2, -0.15) is 0 Å². The number of nitro benzene ring substituents is 1. The average molecular weight is 630 g/mol. The summed E-state index contributed by atoms with van der Waals surface area (Å²) < 4.78 is 26.9.